The van der Waals surface area contributed by atoms with Gasteiger partial charge in [0.25, 0.3) is 0 Å². The summed E-state index contributed by atoms with van der Waals surface area (Å²) in [4.78, 5) is 4.79. The SMILES string of the molecule is c1cc(-c2ccc3c(c2)c2ccccc2n3-c2cccc(-c3ccc4c(c3)sc3ccccc34)c2)cc(-c2nccc3ccccc23)c1. The molecule has 0 aliphatic rings. The maximum absolute atomic E-state index is 4.79. The summed E-state index contributed by atoms with van der Waals surface area (Å²) in [6.45, 7) is 0. The Balaban J connectivity index is 1.09. The van der Waals surface area contributed by atoms with Crippen LogP contribution in [0.25, 0.3) is 91.9 Å². The fourth-order valence-electron chi connectivity index (χ4n) is 7.36. The molecular formula is C45H28N2S. The first-order chi connectivity index (χ1) is 23.8. The number of thiophene rings is 1. The van der Waals surface area contributed by atoms with Crippen molar-refractivity contribution >= 4 is 64.1 Å². The van der Waals surface area contributed by atoms with Crippen LogP contribution >= 0.6 is 11.3 Å². The molecular weight excluding hydrogens is 601 g/mol. The number of hydrogen-bond donors (Lipinski definition) is 0. The van der Waals surface area contributed by atoms with Crippen LogP contribution in [0, 0.1) is 0 Å². The Kier molecular flexibility index (Phi) is 6.08. The molecule has 48 heavy (non-hydrogen) atoms. The molecule has 0 radical (unpaired) electrons. The van der Waals surface area contributed by atoms with E-state index in [1.54, 1.807) is 0 Å². The Morgan fingerprint density at radius 1 is 0.396 bits per heavy atom. The highest BCUT2D eigenvalue weighted by atomic mass is 32.1. The number of nitrogens with zero attached hydrogens (tertiary/aromatic N) is 2. The molecule has 0 saturated carbocycles. The molecule has 0 atom stereocenters. The van der Waals surface area contributed by atoms with Gasteiger partial charge in [-0.25, -0.2) is 0 Å². The molecule has 10 rings (SSSR count). The first-order valence-electron chi connectivity index (χ1n) is 16.3. The summed E-state index contributed by atoms with van der Waals surface area (Å²) < 4.78 is 5.07. The largest absolute Gasteiger partial charge is 0.309 e. The molecule has 7 aromatic carbocycles. The summed E-state index contributed by atoms with van der Waals surface area (Å²) in [5, 5.41) is 7.52. The van der Waals surface area contributed by atoms with Gasteiger partial charge in [0.15, 0.2) is 0 Å². The number of fused-ring (bicyclic) bond motifs is 7. The zero-order valence-electron chi connectivity index (χ0n) is 26.0. The van der Waals surface area contributed by atoms with E-state index in [1.807, 2.05) is 17.5 Å². The normalized spacial score (nSPS) is 11.8. The summed E-state index contributed by atoms with van der Waals surface area (Å²) in [5.74, 6) is 0. The molecule has 10 aromatic rings. The van der Waals surface area contributed by atoms with E-state index < -0.39 is 0 Å². The lowest BCUT2D eigenvalue weighted by atomic mass is 9.98. The average molecular weight is 629 g/mol. The molecule has 0 saturated heterocycles. The van der Waals surface area contributed by atoms with E-state index in [0.717, 1.165) is 16.9 Å². The second kappa shape index (κ2) is 10.8. The van der Waals surface area contributed by atoms with Gasteiger partial charge in [-0.2, -0.15) is 0 Å². The second-order valence-electron chi connectivity index (χ2n) is 12.4. The van der Waals surface area contributed by atoms with Crippen molar-refractivity contribution < 1.29 is 0 Å². The van der Waals surface area contributed by atoms with Crippen molar-refractivity contribution in [3.05, 3.63) is 170 Å². The van der Waals surface area contributed by atoms with Gasteiger partial charge in [-0.15, -0.1) is 11.3 Å². The van der Waals surface area contributed by atoms with Crippen LogP contribution in [0.5, 0.6) is 0 Å². The maximum atomic E-state index is 4.79. The minimum absolute atomic E-state index is 1.01. The number of aromatic nitrogens is 2. The van der Waals surface area contributed by atoms with Crippen LogP contribution < -0.4 is 0 Å². The van der Waals surface area contributed by atoms with Crippen molar-refractivity contribution in [1.29, 1.82) is 0 Å². The summed E-state index contributed by atoms with van der Waals surface area (Å²) in [6.07, 6.45) is 1.91. The van der Waals surface area contributed by atoms with E-state index in [-0.39, 0.29) is 0 Å². The number of benzene rings is 7. The quantitative estimate of drug-likeness (QED) is 0.190. The minimum Gasteiger partial charge on any atom is -0.309 e. The Hall–Kier alpha value is -6.03. The third kappa shape index (κ3) is 4.29. The smallest absolute Gasteiger partial charge is 0.0780 e. The van der Waals surface area contributed by atoms with Gasteiger partial charge in [0.2, 0.25) is 0 Å². The highest BCUT2D eigenvalue weighted by Gasteiger charge is 2.15. The van der Waals surface area contributed by atoms with E-state index in [0.29, 0.717) is 0 Å². The standard InChI is InChI=1S/C45H28N2S/c1-2-14-36-29(9-1)23-24-46-45(36)34-12-7-10-30(25-34)32-20-22-42-40(27-32)37-15-3-5-17-41(37)47(42)35-13-8-11-31(26-35)33-19-21-39-38-16-4-6-18-43(38)48-44(39)28-33/h1-28H. The van der Waals surface area contributed by atoms with Gasteiger partial charge in [0.05, 0.1) is 16.7 Å². The Labute approximate surface area is 281 Å². The molecule has 0 bridgehead atoms. The second-order valence-corrected chi connectivity index (χ2v) is 13.5. The van der Waals surface area contributed by atoms with Crippen LogP contribution in [0.2, 0.25) is 0 Å². The number of para-hydroxylation sites is 1. The van der Waals surface area contributed by atoms with Crippen molar-refractivity contribution in [1.82, 2.24) is 9.55 Å². The zero-order chi connectivity index (χ0) is 31.6. The third-order valence-electron chi connectivity index (χ3n) is 9.63. The minimum atomic E-state index is 1.01. The average Bonchev–Trinajstić information content (AvgIpc) is 3.70. The molecule has 3 heteroatoms. The predicted octanol–water partition coefficient (Wildman–Crippen LogP) is 12.7. The van der Waals surface area contributed by atoms with Crippen LogP contribution in [-0.4, -0.2) is 9.55 Å². The zero-order valence-corrected chi connectivity index (χ0v) is 26.8. The number of pyridine rings is 1. The van der Waals surface area contributed by atoms with Crippen molar-refractivity contribution in [2.45, 2.75) is 0 Å². The molecule has 3 heterocycles. The Morgan fingerprint density at radius 3 is 2.00 bits per heavy atom. The van der Waals surface area contributed by atoms with Gasteiger partial charge in [-0.1, -0.05) is 109 Å². The van der Waals surface area contributed by atoms with Crippen LogP contribution in [0.4, 0.5) is 0 Å². The van der Waals surface area contributed by atoms with Crippen molar-refractivity contribution in [3.8, 4) is 39.2 Å². The van der Waals surface area contributed by atoms with Crippen molar-refractivity contribution in [2.24, 2.45) is 0 Å². The fourth-order valence-corrected chi connectivity index (χ4v) is 8.50. The van der Waals surface area contributed by atoms with E-state index in [1.165, 1.54) is 75.0 Å². The van der Waals surface area contributed by atoms with E-state index in [4.69, 9.17) is 4.98 Å². The Morgan fingerprint density at radius 2 is 1.06 bits per heavy atom. The summed E-state index contributed by atoms with van der Waals surface area (Å²) in [6, 6.07) is 59.5. The fraction of sp³-hybridized carbons (Fsp3) is 0. The molecule has 2 nitrogen and oxygen atoms in total. The monoisotopic (exact) mass is 628 g/mol. The van der Waals surface area contributed by atoms with Crippen molar-refractivity contribution in [3.63, 3.8) is 0 Å². The van der Waals surface area contributed by atoms with Gasteiger partial charge < -0.3 is 4.57 Å². The van der Waals surface area contributed by atoms with E-state index >= 15 is 0 Å². The van der Waals surface area contributed by atoms with Crippen LogP contribution in [0.1, 0.15) is 0 Å². The number of hydrogen-bond acceptors (Lipinski definition) is 2. The molecule has 224 valence electrons. The first kappa shape index (κ1) is 27.1. The van der Waals surface area contributed by atoms with Gasteiger partial charge in [-0.05, 0) is 82.2 Å². The van der Waals surface area contributed by atoms with Crippen LogP contribution in [0.3, 0.4) is 0 Å². The Bertz CT molecular complexity index is 2850. The molecule has 0 aliphatic carbocycles. The molecule has 0 fully saturated rings. The number of rotatable bonds is 4. The lowest BCUT2D eigenvalue weighted by Crippen LogP contribution is -1.94. The van der Waals surface area contributed by atoms with E-state index in [9.17, 15) is 0 Å². The predicted molar refractivity (Wildman–Crippen MR) is 205 cm³/mol. The molecule has 0 unspecified atom stereocenters. The summed E-state index contributed by atoms with van der Waals surface area (Å²) >= 11 is 1.87. The molecule has 3 aromatic heterocycles. The lowest BCUT2D eigenvalue weighted by Gasteiger charge is -2.11. The first-order valence-corrected chi connectivity index (χ1v) is 17.1. The van der Waals surface area contributed by atoms with Crippen molar-refractivity contribution in [2.75, 3.05) is 0 Å². The maximum Gasteiger partial charge on any atom is 0.0780 e. The molecule has 0 amide bonds. The highest BCUT2D eigenvalue weighted by molar-refractivity contribution is 7.25. The molecule has 0 spiro atoms. The van der Waals surface area contributed by atoms with Gasteiger partial charge in [0, 0.05) is 53.8 Å². The summed E-state index contributed by atoms with van der Waals surface area (Å²) in [5.41, 5.74) is 10.5. The van der Waals surface area contributed by atoms with Crippen LogP contribution in [0.15, 0.2) is 170 Å². The van der Waals surface area contributed by atoms with Gasteiger partial charge in [-0.3, -0.25) is 4.98 Å². The topological polar surface area (TPSA) is 17.8 Å². The lowest BCUT2D eigenvalue weighted by molar-refractivity contribution is 1.18. The molecule has 0 N–H and O–H groups in total. The third-order valence-corrected chi connectivity index (χ3v) is 10.8. The van der Waals surface area contributed by atoms with Gasteiger partial charge in [0.1, 0.15) is 0 Å². The molecule has 0 aliphatic heterocycles. The van der Waals surface area contributed by atoms with E-state index in [2.05, 4.69) is 168 Å². The van der Waals surface area contributed by atoms with Gasteiger partial charge >= 0.3 is 0 Å². The van der Waals surface area contributed by atoms with Crippen LogP contribution in [-0.2, 0) is 0 Å². The summed E-state index contributed by atoms with van der Waals surface area (Å²) in [7, 11) is 0. The highest BCUT2D eigenvalue weighted by Crippen LogP contribution is 2.39.